The van der Waals surface area contributed by atoms with Crippen LogP contribution in [0.4, 0.5) is 0 Å². The van der Waals surface area contributed by atoms with Crippen LogP contribution in [0.2, 0.25) is 0 Å². The number of benzene rings is 1. The van der Waals surface area contributed by atoms with Gasteiger partial charge in [-0.25, -0.2) is 4.99 Å². The Hall–Kier alpha value is -2.54. The van der Waals surface area contributed by atoms with Gasteiger partial charge in [-0.2, -0.15) is 5.10 Å². The Morgan fingerprint density at radius 2 is 2.15 bits per heavy atom. The summed E-state index contributed by atoms with van der Waals surface area (Å²) in [5.74, 6) is 1.68. The average Bonchev–Trinajstić information content (AvgIpc) is 3.18. The van der Waals surface area contributed by atoms with Gasteiger partial charge in [0.1, 0.15) is 5.75 Å². The SMILES string of the molecule is CCNC(=NCc1ccc(C)cc1OCCCOC)NCCn1cccn1. The lowest BCUT2D eigenvalue weighted by Gasteiger charge is -2.14. The maximum atomic E-state index is 5.94. The average molecular weight is 374 g/mol. The number of nitrogens with one attached hydrogen (secondary N) is 2. The zero-order valence-corrected chi connectivity index (χ0v) is 16.6. The summed E-state index contributed by atoms with van der Waals surface area (Å²) in [4.78, 5) is 4.70. The van der Waals surface area contributed by atoms with Crippen LogP contribution in [0.5, 0.6) is 5.75 Å². The minimum Gasteiger partial charge on any atom is -0.493 e. The first-order chi connectivity index (χ1) is 13.2. The van der Waals surface area contributed by atoms with Crippen molar-refractivity contribution >= 4 is 5.96 Å². The van der Waals surface area contributed by atoms with Gasteiger partial charge in [-0.15, -0.1) is 0 Å². The van der Waals surface area contributed by atoms with Gasteiger partial charge in [0.25, 0.3) is 0 Å². The van der Waals surface area contributed by atoms with Crippen molar-refractivity contribution in [1.29, 1.82) is 0 Å². The van der Waals surface area contributed by atoms with Crippen LogP contribution in [-0.2, 0) is 17.8 Å². The molecule has 0 atom stereocenters. The second kappa shape index (κ2) is 12.0. The summed E-state index contributed by atoms with van der Waals surface area (Å²) in [6, 6.07) is 8.16. The van der Waals surface area contributed by atoms with Crippen molar-refractivity contribution < 1.29 is 9.47 Å². The van der Waals surface area contributed by atoms with Crippen LogP contribution in [0.3, 0.4) is 0 Å². The van der Waals surface area contributed by atoms with Crippen molar-refractivity contribution in [3.8, 4) is 5.75 Å². The summed E-state index contributed by atoms with van der Waals surface area (Å²) >= 11 is 0. The number of aromatic nitrogens is 2. The van der Waals surface area contributed by atoms with E-state index in [9.17, 15) is 0 Å². The van der Waals surface area contributed by atoms with Gasteiger partial charge in [0.2, 0.25) is 0 Å². The topological polar surface area (TPSA) is 72.7 Å². The van der Waals surface area contributed by atoms with E-state index in [-0.39, 0.29) is 0 Å². The number of aliphatic imine (C=N–C) groups is 1. The van der Waals surface area contributed by atoms with Gasteiger partial charge in [-0.3, -0.25) is 4.68 Å². The highest BCUT2D eigenvalue weighted by Gasteiger charge is 2.05. The zero-order valence-electron chi connectivity index (χ0n) is 16.6. The molecule has 0 spiro atoms. The van der Waals surface area contributed by atoms with Crippen LogP contribution < -0.4 is 15.4 Å². The van der Waals surface area contributed by atoms with Crippen LogP contribution in [0.15, 0.2) is 41.7 Å². The predicted octanol–water partition coefficient (Wildman–Crippen LogP) is 2.36. The fraction of sp³-hybridized carbons (Fsp3) is 0.500. The van der Waals surface area contributed by atoms with E-state index in [0.29, 0.717) is 19.8 Å². The van der Waals surface area contributed by atoms with Crippen molar-refractivity contribution in [2.45, 2.75) is 33.4 Å². The highest BCUT2D eigenvalue weighted by atomic mass is 16.5. The first kappa shape index (κ1) is 20.8. The number of nitrogens with zero attached hydrogens (tertiary/aromatic N) is 3. The third-order valence-electron chi connectivity index (χ3n) is 3.92. The Labute approximate surface area is 161 Å². The highest BCUT2D eigenvalue weighted by molar-refractivity contribution is 5.79. The minimum absolute atomic E-state index is 0.553. The molecule has 0 radical (unpaired) electrons. The molecule has 0 bridgehead atoms. The van der Waals surface area contributed by atoms with E-state index in [0.717, 1.165) is 43.3 Å². The lowest BCUT2D eigenvalue weighted by atomic mass is 10.1. The Morgan fingerprint density at radius 3 is 2.89 bits per heavy atom. The quantitative estimate of drug-likeness (QED) is 0.359. The van der Waals surface area contributed by atoms with E-state index < -0.39 is 0 Å². The van der Waals surface area contributed by atoms with Crippen LogP contribution in [0.25, 0.3) is 0 Å². The fourth-order valence-corrected chi connectivity index (χ4v) is 2.54. The summed E-state index contributed by atoms with van der Waals surface area (Å²) in [5.41, 5.74) is 2.25. The molecule has 0 aliphatic carbocycles. The molecule has 0 fully saturated rings. The van der Waals surface area contributed by atoms with Crippen LogP contribution in [0.1, 0.15) is 24.5 Å². The molecule has 0 aliphatic heterocycles. The van der Waals surface area contributed by atoms with Crippen molar-refractivity contribution in [1.82, 2.24) is 20.4 Å². The molecule has 0 saturated carbocycles. The first-order valence-electron chi connectivity index (χ1n) is 9.43. The van der Waals surface area contributed by atoms with E-state index in [2.05, 4.69) is 47.8 Å². The highest BCUT2D eigenvalue weighted by Crippen LogP contribution is 2.21. The number of rotatable bonds is 11. The second-order valence-corrected chi connectivity index (χ2v) is 6.20. The van der Waals surface area contributed by atoms with E-state index in [1.165, 1.54) is 5.56 Å². The van der Waals surface area contributed by atoms with Gasteiger partial charge < -0.3 is 20.1 Å². The van der Waals surface area contributed by atoms with Crippen LogP contribution in [0, 0.1) is 6.92 Å². The lowest BCUT2D eigenvalue weighted by Crippen LogP contribution is -2.38. The summed E-state index contributed by atoms with van der Waals surface area (Å²) in [5, 5.41) is 10.8. The van der Waals surface area contributed by atoms with Crippen LogP contribution >= 0.6 is 0 Å². The molecular weight excluding hydrogens is 342 g/mol. The van der Waals surface area contributed by atoms with E-state index in [1.807, 2.05) is 16.9 Å². The summed E-state index contributed by atoms with van der Waals surface area (Å²) in [6.07, 6.45) is 4.60. The minimum atomic E-state index is 0.553. The summed E-state index contributed by atoms with van der Waals surface area (Å²) in [6.45, 7) is 8.35. The number of methoxy groups -OCH3 is 1. The fourth-order valence-electron chi connectivity index (χ4n) is 2.54. The molecule has 0 unspecified atom stereocenters. The van der Waals surface area contributed by atoms with Gasteiger partial charge in [0, 0.05) is 51.2 Å². The van der Waals surface area contributed by atoms with Gasteiger partial charge in [0.05, 0.1) is 19.7 Å². The first-order valence-corrected chi connectivity index (χ1v) is 9.43. The van der Waals surface area contributed by atoms with E-state index >= 15 is 0 Å². The van der Waals surface area contributed by atoms with Crippen molar-refractivity contribution in [3.05, 3.63) is 47.8 Å². The lowest BCUT2D eigenvalue weighted by molar-refractivity contribution is 0.172. The largest absolute Gasteiger partial charge is 0.493 e. The normalized spacial score (nSPS) is 11.4. The molecular formula is C20H31N5O2. The van der Waals surface area contributed by atoms with Gasteiger partial charge in [-0.1, -0.05) is 12.1 Å². The Kier molecular flexibility index (Phi) is 9.20. The van der Waals surface area contributed by atoms with Crippen molar-refractivity contribution in [3.63, 3.8) is 0 Å². The summed E-state index contributed by atoms with van der Waals surface area (Å²) in [7, 11) is 1.70. The molecule has 0 saturated heterocycles. The number of hydrogen-bond donors (Lipinski definition) is 2. The monoisotopic (exact) mass is 373 g/mol. The molecule has 7 heteroatoms. The Bertz CT molecular complexity index is 686. The zero-order chi connectivity index (χ0) is 19.3. The summed E-state index contributed by atoms with van der Waals surface area (Å²) < 4.78 is 12.9. The molecule has 27 heavy (non-hydrogen) atoms. The molecule has 148 valence electrons. The maximum Gasteiger partial charge on any atom is 0.191 e. The molecule has 1 heterocycles. The van der Waals surface area contributed by atoms with Gasteiger partial charge >= 0.3 is 0 Å². The van der Waals surface area contributed by atoms with Gasteiger partial charge in [-0.05, 0) is 31.5 Å². The number of aryl methyl sites for hydroxylation is 1. The van der Waals surface area contributed by atoms with Crippen molar-refractivity contribution in [2.24, 2.45) is 4.99 Å². The number of hydrogen-bond acceptors (Lipinski definition) is 4. The van der Waals surface area contributed by atoms with Crippen molar-refractivity contribution in [2.75, 3.05) is 33.4 Å². The molecule has 7 nitrogen and oxygen atoms in total. The Morgan fingerprint density at radius 1 is 1.26 bits per heavy atom. The molecule has 2 aromatic rings. The molecule has 1 aromatic heterocycles. The third kappa shape index (κ3) is 7.70. The van der Waals surface area contributed by atoms with E-state index in [4.69, 9.17) is 14.5 Å². The smallest absolute Gasteiger partial charge is 0.191 e. The number of ether oxygens (including phenoxy) is 2. The number of guanidine groups is 1. The third-order valence-corrected chi connectivity index (χ3v) is 3.92. The van der Waals surface area contributed by atoms with Crippen LogP contribution in [-0.4, -0.2) is 49.2 Å². The molecule has 0 aliphatic rings. The van der Waals surface area contributed by atoms with E-state index in [1.54, 1.807) is 13.3 Å². The predicted molar refractivity (Wildman–Crippen MR) is 108 cm³/mol. The molecule has 0 amide bonds. The molecule has 2 N–H and O–H groups in total. The Balaban J connectivity index is 1.94. The molecule has 1 aromatic carbocycles. The molecule has 2 rings (SSSR count). The maximum absolute atomic E-state index is 5.94. The van der Waals surface area contributed by atoms with Gasteiger partial charge in [0.15, 0.2) is 5.96 Å². The second-order valence-electron chi connectivity index (χ2n) is 6.20. The standard InChI is InChI=1S/C20H31N5O2/c1-4-21-20(22-10-12-25-11-5-9-24-25)23-16-18-8-7-17(2)15-19(18)27-14-6-13-26-3/h5,7-9,11,15H,4,6,10,12-14,16H2,1-3H3,(H2,21,22,23).